The standard InChI is InChI=1S/C29H34N2O4S/c1-30(18-20-34-22-11-5-4-6-12-22)17-9-10-19-35-26-16-15-23(33-3)21-24(26)28-29(32)31(2)25-13-7-8-14-27(25)36-28/h4-8,11-16,21,28H,9-10,17-20H2,1-3H3. The fourth-order valence-corrected chi connectivity index (χ4v) is 5.41. The normalized spacial score (nSPS) is 15.1. The minimum Gasteiger partial charge on any atom is -0.497 e. The molecule has 0 saturated carbocycles. The highest BCUT2D eigenvalue weighted by molar-refractivity contribution is 8.00. The molecule has 0 N–H and O–H groups in total. The van der Waals surface area contributed by atoms with Crippen LogP contribution in [0.2, 0.25) is 0 Å². The van der Waals surface area contributed by atoms with Crippen molar-refractivity contribution in [3.05, 3.63) is 78.4 Å². The number of thioether (sulfide) groups is 1. The second-order valence-corrected chi connectivity index (χ2v) is 9.93. The lowest BCUT2D eigenvalue weighted by atomic mass is 10.1. The SMILES string of the molecule is COc1ccc(OCCCCN(C)CCOc2ccccc2)c(C2Sc3ccccc3N(C)C2=O)c1. The van der Waals surface area contributed by atoms with E-state index in [0.29, 0.717) is 19.0 Å². The number of amides is 1. The number of rotatable bonds is 12. The molecule has 0 spiro atoms. The minimum atomic E-state index is -0.384. The maximum absolute atomic E-state index is 13.3. The summed E-state index contributed by atoms with van der Waals surface area (Å²) in [5, 5.41) is -0.384. The summed E-state index contributed by atoms with van der Waals surface area (Å²) in [5.74, 6) is 2.39. The van der Waals surface area contributed by atoms with Crippen LogP contribution in [0, 0.1) is 0 Å². The van der Waals surface area contributed by atoms with E-state index in [1.807, 2.05) is 73.8 Å². The molecule has 0 aromatic heterocycles. The van der Waals surface area contributed by atoms with Crippen LogP contribution in [0.3, 0.4) is 0 Å². The van der Waals surface area contributed by atoms with Crippen LogP contribution in [0.25, 0.3) is 0 Å². The number of fused-ring (bicyclic) bond motifs is 1. The van der Waals surface area contributed by atoms with E-state index < -0.39 is 0 Å². The van der Waals surface area contributed by atoms with Crippen LogP contribution < -0.4 is 19.1 Å². The average Bonchev–Trinajstić information content (AvgIpc) is 2.91. The molecule has 4 rings (SSSR count). The second-order valence-electron chi connectivity index (χ2n) is 8.79. The van der Waals surface area contributed by atoms with E-state index in [1.165, 1.54) is 0 Å². The van der Waals surface area contributed by atoms with Crippen LogP contribution in [0.15, 0.2) is 77.7 Å². The summed E-state index contributed by atoms with van der Waals surface area (Å²) >= 11 is 1.56. The van der Waals surface area contributed by atoms with Gasteiger partial charge in [0.2, 0.25) is 5.91 Å². The maximum Gasteiger partial charge on any atom is 0.244 e. The first-order chi connectivity index (χ1) is 17.6. The topological polar surface area (TPSA) is 51.2 Å². The van der Waals surface area contributed by atoms with Gasteiger partial charge < -0.3 is 24.0 Å². The molecule has 1 unspecified atom stereocenters. The number of benzene rings is 3. The zero-order chi connectivity index (χ0) is 25.3. The molecule has 1 aliphatic rings. The van der Waals surface area contributed by atoms with E-state index in [4.69, 9.17) is 14.2 Å². The molecule has 0 saturated heterocycles. The number of nitrogens with zero attached hydrogens (tertiary/aromatic N) is 2. The van der Waals surface area contributed by atoms with Gasteiger partial charge >= 0.3 is 0 Å². The second kappa shape index (κ2) is 12.7. The van der Waals surface area contributed by atoms with E-state index in [1.54, 1.807) is 23.8 Å². The Hall–Kier alpha value is -3.16. The van der Waals surface area contributed by atoms with Crippen LogP contribution in [-0.2, 0) is 4.79 Å². The molecular formula is C29H34N2O4S. The number of carbonyl (C=O) groups excluding carboxylic acids is 1. The Morgan fingerprint density at radius 2 is 1.67 bits per heavy atom. The smallest absolute Gasteiger partial charge is 0.244 e. The van der Waals surface area contributed by atoms with Gasteiger partial charge in [-0.05, 0) is 68.9 Å². The third-order valence-corrected chi connectivity index (χ3v) is 7.49. The van der Waals surface area contributed by atoms with Crippen molar-refractivity contribution in [1.29, 1.82) is 0 Å². The summed E-state index contributed by atoms with van der Waals surface area (Å²) in [6.07, 6.45) is 1.93. The minimum absolute atomic E-state index is 0.0381. The molecule has 1 atom stereocenters. The summed E-state index contributed by atoms with van der Waals surface area (Å²) in [6.45, 7) is 3.09. The lowest BCUT2D eigenvalue weighted by Gasteiger charge is -2.32. The molecule has 6 nitrogen and oxygen atoms in total. The first-order valence-electron chi connectivity index (χ1n) is 12.3. The van der Waals surface area contributed by atoms with Crippen molar-refractivity contribution in [2.75, 3.05) is 52.4 Å². The van der Waals surface area contributed by atoms with E-state index in [-0.39, 0.29) is 11.2 Å². The summed E-state index contributed by atoms with van der Waals surface area (Å²) < 4.78 is 17.4. The first-order valence-corrected chi connectivity index (χ1v) is 13.1. The fourth-order valence-electron chi connectivity index (χ4n) is 4.11. The molecule has 0 aliphatic carbocycles. The van der Waals surface area contributed by atoms with Crippen LogP contribution in [0.5, 0.6) is 17.2 Å². The number of unbranched alkanes of at least 4 members (excludes halogenated alkanes) is 1. The lowest BCUT2D eigenvalue weighted by molar-refractivity contribution is -0.118. The molecule has 7 heteroatoms. The zero-order valence-electron chi connectivity index (χ0n) is 21.2. The van der Waals surface area contributed by atoms with Gasteiger partial charge in [-0.1, -0.05) is 30.3 Å². The highest BCUT2D eigenvalue weighted by Crippen LogP contribution is 2.48. The lowest BCUT2D eigenvalue weighted by Crippen LogP contribution is -2.33. The third-order valence-electron chi connectivity index (χ3n) is 6.20. The Balaban J connectivity index is 1.30. The largest absolute Gasteiger partial charge is 0.497 e. The summed E-state index contributed by atoms with van der Waals surface area (Å²) in [7, 11) is 5.57. The summed E-state index contributed by atoms with van der Waals surface area (Å²) in [6, 6.07) is 23.6. The van der Waals surface area contributed by atoms with Gasteiger partial charge in [0.1, 0.15) is 29.1 Å². The maximum atomic E-state index is 13.3. The molecule has 0 radical (unpaired) electrons. The zero-order valence-corrected chi connectivity index (χ0v) is 22.0. The van der Waals surface area contributed by atoms with Crippen molar-refractivity contribution in [3.8, 4) is 17.2 Å². The van der Waals surface area contributed by atoms with Crippen LogP contribution in [-0.4, -0.2) is 58.3 Å². The number of hydrogen-bond acceptors (Lipinski definition) is 6. The first kappa shape index (κ1) is 25.9. The Labute approximate surface area is 218 Å². The summed E-state index contributed by atoms with van der Waals surface area (Å²) in [4.78, 5) is 18.3. The molecule has 190 valence electrons. The van der Waals surface area contributed by atoms with Crippen LogP contribution in [0.1, 0.15) is 23.7 Å². The van der Waals surface area contributed by atoms with Gasteiger partial charge in [-0.3, -0.25) is 4.79 Å². The van der Waals surface area contributed by atoms with Crippen LogP contribution in [0.4, 0.5) is 5.69 Å². The Bertz CT molecular complexity index is 1140. The number of methoxy groups -OCH3 is 1. The van der Waals surface area contributed by atoms with Crippen LogP contribution >= 0.6 is 11.8 Å². The molecule has 3 aromatic rings. The van der Waals surface area contributed by atoms with Crippen molar-refractivity contribution in [2.45, 2.75) is 23.0 Å². The molecule has 3 aromatic carbocycles. The molecule has 1 amide bonds. The fraction of sp³-hybridized carbons (Fsp3) is 0.345. The van der Waals surface area contributed by atoms with Crippen molar-refractivity contribution >= 4 is 23.4 Å². The third kappa shape index (κ3) is 6.53. The predicted molar refractivity (Wildman–Crippen MR) is 146 cm³/mol. The highest BCUT2D eigenvalue weighted by Gasteiger charge is 2.34. The van der Waals surface area contributed by atoms with Gasteiger partial charge in [-0.25, -0.2) is 0 Å². The Kier molecular flexibility index (Phi) is 9.14. The molecule has 0 bridgehead atoms. The molecule has 0 fully saturated rings. The van der Waals surface area contributed by atoms with Crippen molar-refractivity contribution in [3.63, 3.8) is 0 Å². The van der Waals surface area contributed by atoms with Gasteiger partial charge in [-0.2, -0.15) is 0 Å². The summed E-state index contributed by atoms with van der Waals surface area (Å²) in [5.41, 5.74) is 1.79. The number of likely N-dealkylation sites (N-methyl/N-ethyl adjacent to an activating group) is 2. The van der Waals surface area contributed by atoms with E-state index in [9.17, 15) is 4.79 Å². The highest BCUT2D eigenvalue weighted by atomic mass is 32.2. The van der Waals surface area contributed by atoms with Gasteiger partial charge in [0, 0.05) is 24.1 Å². The van der Waals surface area contributed by atoms with Crippen molar-refractivity contribution in [2.24, 2.45) is 0 Å². The molecule has 1 aliphatic heterocycles. The van der Waals surface area contributed by atoms with Crippen molar-refractivity contribution < 1.29 is 19.0 Å². The Morgan fingerprint density at radius 1 is 0.889 bits per heavy atom. The average molecular weight is 507 g/mol. The number of anilines is 1. The van der Waals surface area contributed by atoms with E-state index >= 15 is 0 Å². The van der Waals surface area contributed by atoms with Gasteiger partial charge in [-0.15, -0.1) is 11.8 Å². The molecule has 1 heterocycles. The number of carbonyl (C=O) groups is 1. The Morgan fingerprint density at radius 3 is 2.47 bits per heavy atom. The molecular weight excluding hydrogens is 472 g/mol. The molecule has 36 heavy (non-hydrogen) atoms. The number of ether oxygens (including phenoxy) is 3. The predicted octanol–water partition coefficient (Wildman–Crippen LogP) is 5.67. The number of para-hydroxylation sites is 2. The van der Waals surface area contributed by atoms with Crippen molar-refractivity contribution in [1.82, 2.24) is 4.90 Å². The van der Waals surface area contributed by atoms with E-state index in [2.05, 4.69) is 18.0 Å². The van der Waals surface area contributed by atoms with E-state index in [0.717, 1.165) is 53.6 Å². The van der Waals surface area contributed by atoms with Gasteiger partial charge in [0.05, 0.1) is 19.4 Å². The monoisotopic (exact) mass is 506 g/mol. The quantitative estimate of drug-likeness (QED) is 0.295. The van der Waals surface area contributed by atoms with Gasteiger partial charge in [0.25, 0.3) is 0 Å². The number of hydrogen-bond donors (Lipinski definition) is 0. The van der Waals surface area contributed by atoms with Gasteiger partial charge in [0.15, 0.2) is 0 Å².